The van der Waals surface area contributed by atoms with E-state index >= 15 is 0 Å². The molecule has 5 nitrogen and oxygen atoms in total. The van der Waals surface area contributed by atoms with E-state index in [4.69, 9.17) is 10.6 Å². The average molecular weight is 266 g/mol. The molecule has 0 aliphatic heterocycles. The van der Waals surface area contributed by atoms with Crippen LogP contribution in [0.2, 0.25) is 0 Å². The molecular formula is C12H18N4OS. The summed E-state index contributed by atoms with van der Waals surface area (Å²) >= 11 is 1.70. The van der Waals surface area contributed by atoms with Gasteiger partial charge in [0.25, 0.3) is 0 Å². The fraction of sp³-hybridized carbons (Fsp3) is 0.500. The molecule has 0 radical (unpaired) electrons. The number of hydrogen-bond acceptors (Lipinski definition) is 6. The van der Waals surface area contributed by atoms with Crippen molar-refractivity contribution in [3.8, 4) is 0 Å². The first-order valence-corrected chi connectivity index (χ1v) is 6.85. The van der Waals surface area contributed by atoms with Crippen LogP contribution in [-0.2, 0) is 17.6 Å². The molecule has 2 rings (SSSR count). The smallest absolute Gasteiger partial charge is 0.152 e. The molecule has 0 spiro atoms. The molecule has 0 aliphatic rings. The van der Waals surface area contributed by atoms with Crippen molar-refractivity contribution >= 4 is 27.4 Å². The van der Waals surface area contributed by atoms with Gasteiger partial charge in [0.2, 0.25) is 0 Å². The van der Waals surface area contributed by atoms with Crippen molar-refractivity contribution in [3.63, 3.8) is 0 Å². The molecule has 2 aromatic rings. The number of nitrogens with one attached hydrogen (secondary N) is 1. The third-order valence-corrected chi connectivity index (χ3v) is 3.90. The number of rotatable bonds is 6. The number of aromatic nitrogens is 2. The number of ether oxygens (including phenoxy) is 1. The standard InChI is InChI=1S/C12H18N4OS/c1-3-8-7-9-11(16-13)14-10(5-4-6-17-2)15-12(9)18-8/h7H,3-6,13H2,1-2H3,(H,14,15,16). The van der Waals surface area contributed by atoms with Crippen LogP contribution in [0.5, 0.6) is 0 Å². The fourth-order valence-electron chi connectivity index (χ4n) is 1.79. The van der Waals surface area contributed by atoms with Crippen molar-refractivity contribution in [2.75, 3.05) is 19.1 Å². The summed E-state index contributed by atoms with van der Waals surface area (Å²) in [6.45, 7) is 2.85. The number of fused-ring (bicyclic) bond motifs is 1. The minimum atomic E-state index is 0.711. The molecule has 2 aromatic heterocycles. The third kappa shape index (κ3) is 2.77. The Morgan fingerprint density at radius 1 is 1.44 bits per heavy atom. The second kappa shape index (κ2) is 6.08. The van der Waals surface area contributed by atoms with E-state index in [9.17, 15) is 0 Å². The van der Waals surface area contributed by atoms with Crippen LogP contribution in [0.3, 0.4) is 0 Å². The zero-order valence-corrected chi connectivity index (χ0v) is 11.5. The Labute approximate surface area is 110 Å². The topological polar surface area (TPSA) is 73.1 Å². The van der Waals surface area contributed by atoms with Gasteiger partial charge in [-0.15, -0.1) is 11.3 Å². The first kappa shape index (κ1) is 13.2. The number of thiophene rings is 1. The number of anilines is 1. The number of methoxy groups -OCH3 is 1. The largest absolute Gasteiger partial charge is 0.385 e. The van der Waals surface area contributed by atoms with Crippen molar-refractivity contribution < 1.29 is 4.74 Å². The highest BCUT2D eigenvalue weighted by Crippen LogP contribution is 2.29. The first-order valence-electron chi connectivity index (χ1n) is 6.03. The normalized spacial score (nSPS) is 11.1. The Balaban J connectivity index is 2.32. The van der Waals surface area contributed by atoms with Crippen LogP contribution in [0.15, 0.2) is 6.07 Å². The number of nitrogens with two attached hydrogens (primary N) is 1. The van der Waals surface area contributed by atoms with E-state index in [1.165, 1.54) is 4.88 Å². The van der Waals surface area contributed by atoms with Crippen molar-refractivity contribution in [2.45, 2.75) is 26.2 Å². The maximum absolute atomic E-state index is 5.53. The summed E-state index contributed by atoms with van der Waals surface area (Å²) in [7, 11) is 1.70. The minimum Gasteiger partial charge on any atom is -0.385 e. The Morgan fingerprint density at radius 3 is 2.94 bits per heavy atom. The van der Waals surface area contributed by atoms with Gasteiger partial charge in [0.1, 0.15) is 10.7 Å². The van der Waals surface area contributed by atoms with Gasteiger partial charge in [-0.2, -0.15) is 0 Å². The Kier molecular flexibility index (Phi) is 4.46. The highest BCUT2D eigenvalue weighted by atomic mass is 32.1. The van der Waals surface area contributed by atoms with Crippen molar-refractivity contribution in [2.24, 2.45) is 5.84 Å². The monoisotopic (exact) mass is 266 g/mol. The summed E-state index contributed by atoms with van der Waals surface area (Å²) in [5.41, 5.74) is 2.66. The predicted octanol–water partition coefficient (Wildman–Crippen LogP) is 2.12. The molecule has 0 fully saturated rings. The quantitative estimate of drug-likeness (QED) is 0.476. The maximum atomic E-state index is 5.53. The van der Waals surface area contributed by atoms with Crippen LogP contribution in [0.4, 0.5) is 5.82 Å². The van der Waals surface area contributed by atoms with Crippen LogP contribution in [0.25, 0.3) is 10.2 Å². The lowest BCUT2D eigenvalue weighted by atomic mass is 10.2. The van der Waals surface area contributed by atoms with Crippen LogP contribution in [0, 0.1) is 0 Å². The van der Waals surface area contributed by atoms with Crippen molar-refractivity contribution in [1.29, 1.82) is 0 Å². The van der Waals surface area contributed by atoms with E-state index in [0.29, 0.717) is 5.82 Å². The van der Waals surface area contributed by atoms with Crippen molar-refractivity contribution in [1.82, 2.24) is 9.97 Å². The molecule has 0 aromatic carbocycles. The second-order valence-corrected chi connectivity index (χ2v) is 5.13. The van der Waals surface area contributed by atoms with Gasteiger partial charge in [-0.05, 0) is 18.9 Å². The molecule has 0 aliphatic carbocycles. The van der Waals surface area contributed by atoms with Gasteiger partial charge in [-0.3, -0.25) is 0 Å². The molecule has 0 saturated carbocycles. The molecule has 0 unspecified atom stereocenters. The molecule has 98 valence electrons. The van der Waals surface area contributed by atoms with Crippen LogP contribution in [-0.4, -0.2) is 23.7 Å². The summed E-state index contributed by atoms with van der Waals surface area (Å²) in [4.78, 5) is 11.3. The fourth-order valence-corrected chi connectivity index (χ4v) is 2.77. The van der Waals surface area contributed by atoms with E-state index in [0.717, 1.165) is 41.9 Å². The Hall–Kier alpha value is -1.24. The average Bonchev–Trinajstić information content (AvgIpc) is 2.81. The second-order valence-electron chi connectivity index (χ2n) is 4.01. The highest BCUT2D eigenvalue weighted by molar-refractivity contribution is 7.18. The number of hydrazine groups is 1. The molecule has 18 heavy (non-hydrogen) atoms. The molecule has 0 saturated heterocycles. The lowest BCUT2D eigenvalue weighted by Gasteiger charge is -2.04. The summed E-state index contributed by atoms with van der Waals surface area (Å²) < 4.78 is 5.04. The lowest BCUT2D eigenvalue weighted by Crippen LogP contribution is -2.11. The lowest BCUT2D eigenvalue weighted by molar-refractivity contribution is 0.194. The molecule has 0 bridgehead atoms. The molecular weight excluding hydrogens is 248 g/mol. The Bertz CT molecular complexity index is 526. The van der Waals surface area contributed by atoms with Gasteiger partial charge in [-0.1, -0.05) is 6.92 Å². The van der Waals surface area contributed by atoms with Crippen LogP contribution in [0.1, 0.15) is 24.0 Å². The van der Waals surface area contributed by atoms with Crippen LogP contribution >= 0.6 is 11.3 Å². The predicted molar refractivity (Wildman–Crippen MR) is 74.8 cm³/mol. The molecule has 3 N–H and O–H groups in total. The number of nitrogen functional groups attached to an aromatic ring is 1. The van der Waals surface area contributed by atoms with E-state index in [-0.39, 0.29) is 0 Å². The third-order valence-electron chi connectivity index (χ3n) is 2.72. The molecule has 2 heterocycles. The maximum Gasteiger partial charge on any atom is 0.152 e. The molecule has 6 heteroatoms. The molecule has 0 amide bonds. The highest BCUT2D eigenvalue weighted by Gasteiger charge is 2.10. The molecule has 0 atom stereocenters. The zero-order chi connectivity index (χ0) is 13.0. The zero-order valence-electron chi connectivity index (χ0n) is 10.7. The van der Waals surface area contributed by atoms with Gasteiger partial charge in [0, 0.05) is 25.0 Å². The minimum absolute atomic E-state index is 0.711. The van der Waals surface area contributed by atoms with Crippen LogP contribution < -0.4 is 11.3 Å². The van der Waals surface area contributed by atoms with Gasteiger partial charge in [0.15, 0.2) is 5.82 Å². The van der Waals surface area contributed by atoms with Gasteiger partial charge >= 0.3 is 0 Å². The van der Waals surface area contributed by atoms with E-state index in [1.807, 2.05) is 0 Å². The van der Waals surface area contributed by atoms with Gasteiger partial charge < -0.3 is 10.2 Å². The number of aryl methyl sites for hydroxylation is 2. The Morgan fingerprint density at radius 2 is 2.28 bits per heavy atom. The number of nitrogens with zero attached hydrogens (tertiary/aromatic N) is 2. The first-order chi connectivity index (χ1) is 8.78. The summed E-state index contributed by atoms with van der Waals surface area (Å²) in [6, 6.07) is 2.11. The van der Waals surface area contributed by atoms with Gasteiger partial charge in [0.05, 0.1) is 5.39 Å². The van der Waals surface area contributed by atoms with Crippen molar-refractivity contribution in [3.05, 3.63) is 16.8 Å². The van der Waals surface area contributed by atoms with E-state index in [1.54, 1.807) is 18.4 Å². The summed E-state index contributed by atoms with van der Waals surface area (Å²) in [5.74, 6) is 7.06. The van der Waals surface area contributed by atoms with E-state index in [2.05, 4.69) is 28.4 Å². The summed E-state index contributed by atoms with van der Waals surface area (Å²) in [5, 5.41) is 1.01. The number of hydrogen-bond donors (Lipinski definition) is 2. The SMILES string of the molecule is CCc1cc2c(NN)nc(CCCOC)nc2s1. The summed E-state index contributed by atoms with van der Waals surface area (Å²) in [6.07, 6.45) is 2.72. The van der Waals surface area contributed by atoms with Gasteiger partial charge in [-0.25, -0.2) is 15.8 Å². The van der Waals surface area contributed by atoms with E-state index < -0.39 is 0 Å².